The molecule has 3 nitrogen and oxygen atoms in total. The number of fused-ring (bicyclic) bond motifs is 1. The molecular formula is C12H16N2OS. The van der Waals surface area contributed by atoms with Gasteiger partial charge >= 0.3 is 0 Å². The monoisotopic (exact) mass is 236 g/mol. The Morgan fingerprint density at radius 1 is 1.38 bits per heavy atom. The van der Waals surface area contributed by atoms with Crippen molar-refractivity contribution < 1.29 is 5.11 Å². The normalized spacial score (nSPS) is 12.0. The smallest absolute Gasteiger partial charge is 0.186 e. The van der Waals surface area contributed by atoms with Crippen LogP contribution in [-0.2, 0) is 0 Å². The van der Waals surface area contributed by atoms with E-state index in [4.69, 9.17) is 0 Å². The van der Waals surface area contributed by atoms with E-state index >= 15 is 0 Å². The van der Waals surface area contributed by atoms with Crippen LogP contribution in [0.3, 0.4) is 0 Å². The summed E-state index contributed by atoms with van der Waals surface area (Å²) in [6, 6.07) is 8.08. The summed E-state index contributed by atoms with van der Waals surface area (Å²) in [5.41, 5.74) is 0.733. The average Bonchev–Trinajstić information content (AvgIpc) is 2.71. The third kappa shape index (κ3) is 1.90. The lowest BCUT2D eigenvalue weighted by molar-refractivity contribution is 0.216. The summed E-state index contributed by atoms with van der Waals surface area (Å²) >= 11 is 1.65. The lowest BCUT2D eigenvalue weighted by atomic mass is 10.1. The molecule has 86 valence electrons. The number of benzene rings is 1. The number of aliphatic hydroxyl groups is 1. The number of aliphatic hydroxyl groups excluding tert-OH is 1. The van der Waals surface area contributed by atoms with Crippen molar-refractivity contribution in [1.82, 2.24) is 4.98 Å². The number of likely N-dealkylation sites (N-methyl/N-ethyl adjacent to an activating group) is 1. The van der Waals surface area contributed by atoms with Crippen LogP contribution >= 0.6 is 11.3 Å². The van der Waals surface area contributed by atoms with Crippen molar-refractivity contribution in [2.24, 2.45) is 0 Å². The third-order valence-electron chi connectivity index (χ3n) is 2.86. The number of rotatable bonds is 3. The second-order valence-corrected chi connectivity index (χ2v) is 5.50. The summed E-state index contributed by atoms with van der Waals surface area (Å²) in [5, 5.41) is 10.3. The summed E-state index contributed by atoms with van der Waals surface area (Å²) < 4.78 is 1.18. The third-order valence-corrected chi connectivity index (χ3v) is 3.98. The zero-order chi connectivity index (χ0) is 11.8. The fourth-order valence-electron chi connectivity index (χ4n) is 1.37. The Balaban J connectivity index is 2.40. The molecule has 1 aromatic heterocycles. The molecule has 1 heterocycles. The van der Waals surface area contributed by atoms with Gasteiger partial charge < -0.3 is 10.0 Å². The van der Waals surface area contributed by atoms with Gasteiger partial charge in [-0.05, 0) is 26.0 Å². The van der Waals surface area contributed by atoms with Gasteiger partial charge in [-0.1, -0.05) is 23.5 Å². The van der Waals surface area contributed by atoms with Gasteiger partial charge in [-0.15, -0.1) is 0 Å². The van der Waals surface area contributed by atoms with Crippen molar-refractivity contribution in [1.29, 1.82) is 0 Å². The largest absolute Gasteiger partial charge is 0.394 e. The van der Waals surface area contributed by atoms with Crippen LogP contribution in [0, 0.1) is 0 Å². The molecule has 16 heavy (non-hydrogen) atoms. The summed E-state index contributed by atoms with van der Waals surface area (Å²) in [6.07, 6.45) is 0. The average molecular weight is 236 g/mol. The molecule has 0 fully saturated rings. The van der Waals surface area contributed by atoms with Gasteiger partial charge in [0.2, 0.25) is 0 Å². The molecule has 0 spiro atoms. The number of anilines is 1. The van der Waals surface area contributed by atoms with E-state index in [2.05, 4.69) is 11.1 Å². The molecule has 0 saturated heterocycles. The summed E-state index contributed by atoms with van der Waals surface area (Å²) in [5.74, 6) is 0. The second kappa shape index (κ2) is 4.03. The molecule has 1 N–H and O–H groups in total. The van der Waals surface area contributed by atoms with Gasteiger partial charge in [0.15, 0.2) is 5.13 Å². The zero-order valence-electron chi connectivity index (χ0n) is 9.77. The van der Waals surface area contributed by atoms with Crippen LogP contribution in [0.4, 0.5) is 5.13 Å². The van der Waals surface area contributed by atoms with Gasteiger partial charge in [0.25, 0.3) is 0 Å². The molecule has 0 unspecified atom stereocenters. The van der Waals surface area contributed by atoms with E-state index in [0.717, 1.165) is 10.6 Å². The minimum Gasteiger partial charge on any atom is -0.394 e. The topological polar surface area (TPSA) is 36.4 Å². The van der Waals surface area contributed by atoms with Crippen LogP contribution in [-0.4, -0.2) is 29.3 Å². The fourth-order valence-corrected chi connectivity index (χ4v) is 2.46. The van der Waals surface area contributed by atoms with Gasteiger partial charge in [0.1, 0.15) is 0 Å². The molecule has 2 aromatic rings. The van der Waals surface area contributed by atoms with Crippen molar-refractivity contribution in [3.05, 3.63) is 24.3 Å². The quantitative estimate of drug-likeness (QED) is 0.889. The highest BCUT2D eigenvalue weighted by Crippen LogP contribution is 2.31. The van der Waals surface area contributed by atoms with Crippen LogP contribution in [0.15, 0.2) is 24.3 Å². The summed E-state index contributed by atoms with van der Waals surface area (Å²) in [6.45, 7) is 4.11. The number of hydrogen-bond donors (Lipinski definition) is 1. The Labute approximate surface area is 99.4 Å². The van der Waals surface area contributed by atoms with Crippen LogP contribution in [0.5, 0.6) is 0 Å². The van der Waals surface area contributed by atoms with E-state index in [1.165, 1.54) is 4.70 Å². The van der Waals surface area contributed by atoms with Crippen molar-refractivity contribution in [3.63, 3.8) is 0 Å². The highest BCUT2D eigenvalue weighted by atomic mass is 32.1. The molecule has 0 bridgehead atoms. The van der Waals surface area contributed by atoms with Crippen LogP contribution in [0.2, 0.25) is 0 Å². The van der Waals surface area contributed by atoms with Crippen LogP contribution in [0.1, 0.15) is 13.8 Å². The van der Waals surface area contributed by atoms with Gasteiger partial charge in [-0.25, -0.2) is 4.98 Å². The van der Waals surface area contributed by atoms with E-state index in [9.17, 15) is 5.11 Å². The van der Waals surface area contributed by atoms with Crippen molar-refractivity contribution in [3.8, 4) is 0 Å². The molecule has 0 aliphatic rings. The molecule has 0 saturated carbocycles. The molecule has 0 atom stereocenters. The Bertz CT molecular complexity index is 459. The highest BCUT2D eigenvalue weighted by molar-refractivity contribution is 7.22. The van der Waals surface area contributed by atoms with E-state index in [1.807, 2.05) is 44.0 Å². The standard InChI is InChI=1S/C12H16N2OS/c1-12(2,8-15)14(3)11-13-9-6-4-5-7-10(9)16-11/h4-7,15H,8H2,1-3H3. The van der Waals surface area contributed by atoms with Gasteiger partial charge in [-0.3, -0.25) is 0 Å². The Hall–Kier alpha value is -1.13. The maximum absolute atomic E-state index is 9.34. The minimum atomic E-state index is -0.284. The number of thiazole rings is 1. The summed E-state index contributed by atoms with van der Waals surface area (Å²) in [7, 11) is 1.97. The van der Waals surface area contributed by atoms with Crippen molar-refractivity contribution >= 4 is 26.7 Å². The number of nitrogens with zero attached hydrogens (tertiary/aromatic N) is 2. The fraction of sp³-hybridized carbons (Fsp3) is 0.417. The van der Waals surface area contributed by atoms with E-state index in [0.29, 0.717) is 0 Å². The molecule has 1 aromatic carbocycles. The molecule has 4 heteroatoms. The molecular weight excluding hydrogens is 220 g/mol. The first-order valence-corrected chi connectivity index (χ1v) is 6.06. The van der Waals surface area contributed by atoms with E-state index < -0.39 is 0 Å². The number of hydrogen-bond acceptors (Lipinski definition) is 4. The van der Waals surface area contributed by atoms with Crippen molar-refractivity contribution in [2.45, 2.75) is 19.4 Å². The number of para-hydroxylation sites is 1. The van der Waals surface area contributed by atoms with Crippen LogP contribution in [0.25, 0.3) is 10.2 Å². The molecule has 0 aliphatic carbocycles. The minimum absolute atomic E-state index is 0.111. The van der Waals surface area contributed by atoms with E-state index in [-0.39, 0.29) is 12.1 Å². The maximum Gasteiger partial charge on any atom is 0.186 e. The lowest BCUT2D eigenvalue weighted by Gasteiger charge is -2.33. The van der Waals surface area contributed by atoms with Gasteiger partial charge in [0, 0.05) is 7.05 Å². The van der Waals surface area contributed by atoms with Gasteiger partial charge in [-0.2, -0.15) is 0 Å². The van der Waals surface area contributed by atoms with E-state index in [1.54, 1.807) is 11.3 Å². The first kappa shape index (κ1) is 11.4. The lowest BCUT2D eigenvalue weighted by Crippen LogP contribution is -2.44. The second-order valence-electron chi connectivity index (χ2n) is 4.49. The van der Waals surface area contributed by atoms with Crippen LogP contribution < -0.4 is 4.90 Å². The predicted octanol–water partition coefficient (Wildman–Crippen LogP) is 2.50. The highest BCUT2D eigenvalue weighted by Gasteiger charge is 2.24. The molecule has 0 radical (unpaired) electrons. The number of aromatic nitrogens is 1. The zero-order valence-corrected chi connectivity index (χ0v) is 10.6. The molecule has 0 amide bonds. The summed E-state index contributed by atoms with van der Waals surface area (Å²) in [4.78, 5) is 6.59. The first-order valence-electron chi connectivity index (χ1n) is 5.25. The SMILES string of the molecule is CN(c1nc2ccccc2s1)C(C)(C)CO. The maximum atomic E-state index is 9.34. The Morgan fingerprint density at radius 3 is 2.69 bits per heavy atom. The Morgan fingerprint density at radius 2 is 2.06 bits per heavy atom. The molecule has 2 rings (SSSR count). The Kier molecular flexibility index (Phi) is 2.86. The molecule has 0 aliphatic heterocycles. The first-order chi connectivity index (χ1) is 7.54. The van der Waals surface area contributed by atoms with Crippen molar-refractivity contribution in [2.75, 3.05) is 18.6 Å². The predicted molar refractivity (Wildman–Crippen MR) is 69.2 cm³/mol. The van der Waals surface area contributed by atoms with Gasteiger partial charge in [0.05, 0.1) is 22.4 Å².